The lowest BCUT2D eigenvalue weighted by Gasteiger charge is -2.07. The molecule has 5 rings (SSSR count). The minimum Gasteiger partial charge on any atom is -0.340 e. The molecule has 0 aliphatic heterocycles. The van der Waals surface area contributed by atoms with Crippen LogP contribution in [-0.2, 0) is 13.6 Å². The van der Waals surface area contributed by atoms with Gasteiger partial charge in [-0.25, -0.2) is 15.0 Å². The van der Waals surface area contributed by atoms with Crippen LogP contribution in [0.25, 0.3) is 22.2 Å². The number of fused-ring (bicyclic) bond motifs is 2. The van der Waals surface area contributed by atoms with Gasteiger partial charge in [-0.3, -0.25) is 0 Å². The van der Waals surface area contributed by atoms with E-state index in [1.165, 1.54) is 12.8 Å². The Morgan fingerprint density at radius 2 is 1.92 bits per heavy atom. The molecule has 3 heterocycles. The maximum Gasteiger partial charge on any atom is 0.162 e. The molecule has 0 amide bonds. The number of anilines is 2. The maximum atomic E-state index is 4.77. The predicted molar refractivity (Wildman–Crippen MR) is 94.2 cm³/mol. The SMILES string of the molecule is Cn1cnc2ccc(Nc3ccc4ncn(CC5CC5)c4n3)cc21. The number of pyridine rings is 1. The zero-order valence-electron chi connectivity index (χ0n) is 13.5. The highest BCUT2D eigenvalue weighted by molar-refractivity contribution is 5.81. The Bertz CT molecular complexity index is 1040. The molecule has 0 radical (unpaired) electrons. The lowest BCUT2D eigenvalue weighted by Crippen LogP contribution is -2.01. The van der Waals surface area contributed by atoms with E-state index in [2.05, 4.69) is 25.9 Å². The smallest absolute Gasteiger partial charge is 0.162 e. The Labute approximate surface area is 139 Å². The van der Waals surface area contributed by atoms with Crippen LogP contribution >= 0.6 is 0 Å². The molecule has 1 aliphatic carbocycles. The van der Waals surface area contributed by atoms with Gasteiger partial charge >= 0.3 is 0 Å². The fourth-order valence-electron chi connectivity index (χ4n) is 3.07. The molecule has 1 fully saturated rings. The van der Waals surface area contributed by atoms with Crippen LogP contribution in [0.15, 0.2) is 43.0 Å². The van der Waals surface area contributed by atoms with E-state index in [-0.39, 0.29) is 0 Å². The van der Waals surface area contributed by atoms with Crippen LogP contribution in [0.3, 0.4) is 0 Å². The van der Waals surface area contributed by atoms with Gasteiger partial charge in [0.15, 0.2) is 5.65 Å². The van der Waals surface area contributed by atoms with Crippen LogP contribution in [0.2, 0.25) is 0 Å². The van der Waals surface area contributed by atoms with Gasteiger partial charge in [-0.05, 0) is 49.1 Å². The van der Waals surface area contributed by atoms with E-state index in [1.54, 1.807) is 0 Å². The first-order valence-corrected chi connectivity index (χ1v) is 8.26. The number of aryl methyl sites for hydroxylation is 1. The summed E-state index contributed by atoms with van der Waals surface area (Å²) in [6, 6.07) is 10.1. The molecule has 1 saturated carbocycles. The van der Waals surface area contributed by atoms with Crippen LogP contribution < -0.4 is 5.32 Å². The first-order chi connectivity index (χ1) is 11.8. The van der Waals surface area contributed by atoms with Crippen molar-refractivity contribution in [3.63, 3.8) is 0 Å². The van der Waals surface area contributed by atoms with E-state index in [0.29, 0.717) is 0 Å². The highest BCUT2D eigenvalue weighted by atomic mass is 15.1. The van der Waals surface area contributed by atoms with Gasteiger partial charge in [-0.15, -0.1) is 0 Å². The van der Waals surface area contributed by atoms with Crippen molar-refractivity contribution >= 4 is 33.7 Å². The Morgan fingerprint density at radius 3 is 2.79 bits per heavy atom. The van der Waals surface area contributed by atoms with Gasteiger partial charge in [0.1, 0.15) is 11.3 Å². The molecule has 0 atom stereocenters. The summed E-state index contributed by atoms with van der Waals surface area (Å²) in [5, 5.41) is 3.40. The first kappa shape index (κ1) is 13.5. The van der Waals surface area contributed by atoms with Crippen LogP contribution in [-0.4, -0.2) is 24.1 Å². The van der Waals surface area contributed by atoms with Gasteiger partial charge < -0.3 is 14.5 Å². The predicted octanol–water partition coefficient (Wildman–Crippen LogP) is 3.47. The Kier molecular flexibility index (Phi) is 2.85. The van der Waals surface area contributed by atoms with E-state index < -0.39 is 0 Å². The average Bonchev–Trinajstić information content (AvgIpc) is 3.22. The molecular formula is C18H18N6. The number of rotatable bonds is 4. The monoisotopic (exact) mass is 318 g/mol. The maximum absolute atomic E-state index is 4.77. The summed E-state index contributed by atoms with van der Waals surface area (Å²) in [5.74, 6) is 1.63. The molecule has 0 saturated heterocycles. The molecule has 1 aliphatic rings. The van der Waals surface area contributed by atoms with Crippen LogP contribution in [0.4, 0.5) is 11.5 Å². The number of hydrogen-bond donors (Lipinski definition) is 1. The summed E-state index contributed by atoms with van der Waals surface area (Å²) >= 11 is 0. The summed E-state index contributed by atoms with van der Waals surface area (Å²) in [7, 11) is 2.00. The molecule has 0 unspecified atom stereocenters. The summed E-state index contributed by atoms with van der Waals surface area (Å²) in [4.78, 5) is 13.6. The molecular weight excluding hydrogens is 300 g/mol. The second kappa shape index (κ2) is 5.06. The lowest BCUT2D eigenvalue weighted by molar-refractivity contribution is 0.638. The Balaban J connectivity index is 1.49. The van der Waals surface area contributed by atoms with Crippen molar-refractivity contribution in [1.82, 2.24) is 24.1 Å². The zero-order chi connectivity index (χ0) is 16.1. The zero-order valence-corrected chi connectivity index (χ0v) is 13.5. The average molecular weight is 318 g/mol. The summed E-state index contributed by atoms with van der Waals surface area (Å²) in [6.07, 6.45) is 6.38. The first-order valence-electron chi connectivity index (χ1n) is 8.26. The van der Waals surface area contributed by atoms with Gasteiger partial charge in [0, 0.05) is 19.3 Å². The van der Waals surface area contributed by atoms with Gasteiger partial charge in [-0.1, -0.05) is 0 Å². The highest BCUT2D eigenvalue weighted by Gasteiger charge is 2.22. The number of nitrogens with one attached hydrogen (secondary N) is 1. The quantitative estimate of drug-likeness (QED) is 0.626. The van der Waals surface area contributed by atoms with Crippen molar-refractivity contribution in [1.29, 1.82) is 0 Å². The lowest BCUT2D eigenvalue weighted by atomic mass is 10.2. The van der Waals surface area contributed by atoms with Crippen molar-refractivity contribution in [2.24, 2.45) is 13.0 Å². The fourth-order valence-corrected chi connectivity index (χ4v) is 3.07. The largest absolute Gasteiger partial charge is 0.340 e. The second-order valence-corrected chi connectivity index (χ2v) is 6.56. The van der Waals surface area contributed by atoms with Crippen LogP contribution in [0.5, 0.6) is 0 Å². The molecule has 3 aromatic heterocycles. The normalized spacial score (nSPS) is 14.5. The van der Waals surface area contributed by atoms with Crippen LogP contribution in [0, 0.1) is 5.92 Å². The van der Waals surface area contributed by atoms with Gasteiger partial charge in [-0.2, -0.15) is 0 Å². The van der Waals surface area contributed by atoms with E-state index in [0.717, 1.165) is 46.2 Å². The van der Waals surface area contributed by atoms with E-state index >= 15 is 0 Å². The number of benzene rings is 1. The molecule has 1 N–H and O–H groups in total. The third-order valence-corrected chi connectivity index (χ3v) is 4.61. The third kappa shape index (κ3) is 2.31. The van der Waals surface area contributed by atoms with Gasteiger partial charge in [0.25, 0.3) is 0 Å². The standard InChI is InChI=1S/C18H18N6/c1-23-10-19-14-5-4-13(8-16(14)23)21-17-7-6-15-18(22-17)24(11-20-15)9-12-2-3-12/h4-8,10-12H,2-3,9H2,1H3,(H,21,22). The minimum atomic E-state index is 0.799. The number of nitrogens with zero attached hydrogens (tertiary/aromatic N) is 5. The highest BCUT2D eigenvalue weighted by Crippen LogP contribution is 2.31. The fraction of sp³-hybridized carbons (Fsp3) is 0.278. The molecule has 6 nitrogen and oxygen atoms in total. The second-order valence-electron chi connectivity index (χ2n) is 6.56. The molecule has 6 heteroatoms. The minimum absolute atomic E-state index is 0.799. The van der Waals surface area contributed by atoms with Gasteiger partial charge in [0.05, 0.1) is 23.7 Å². The third-order valence-electron chi connectivity index (χ3n) is 4.61. The number of aromatic nitrogens is 5. The van der Waals surface area contributed by atoms with Crippen molar-refractivity contribution in [3.8, 4) is 0 Å². The van der Waals surface area contributed by atoms with Crippen molar-refractivity contribution in [2.45, 2.75) is 19.4 Å². The molecule has 0 bridgehead atoms. The van der Waals surface area contributed by atoms with E-state index in [9.17, 15) is 0 Å². The molecule has 120 valence electrons. The Morgan fingerprint density at radius 1 is 1.08 bits per heavy atom. The summed E-state index contributed by atoms with van der Waals surface area (Å²) in [6.45, 7) is 1.02. The summed E-state index contributed by atoms with van der Waals surface area (Å²) in [5.41, 5.74) is 5.00. The number of imidazole rings is 2. The van der Waals surface area contributed by atoms with Crippen molar-refractivity contribution in [2.75, 3.05) is 5.32 Å². The molecule has 24 heavy (non-hydrogen) atoms. The van der Waals surface area contributed by atoms with Crippen molar-refractivity contribution in [3.05, 3.63) is 43.0 Å². The van der Waals surface area contributed by atoms with Crippen molar-refractivity contribution < 1.29 is 0 Å². The summed E-state index contributed by atoms with van der Waals surface area (Å²) < 4.78 is 4.18. The van der Waals surface area contributed by atoms with Crippen LogP contribution in [0.1, 0.15) is 12.8 Å². The number of hydrogen-bond acceptors (Lipinski definition) is 4. The molecule has 1 aromatic carbocycles. The van der Waals surface area contributed by atoms with Gasteiger partial charge in [0.2, 0.25) is 0 Å². The van der Waals surface area contributed by atoms with E-state index in [1.807, 2.05) is 48.5 Å². The molecule has 0 spiro atoms. The topological polar surface area (TPSA) is 60.6 Å². The Hall–Kier alpha value is -2.89. The molecule has 4 aromatic rings. The van der Waals surface area contributed by atoms with E-state index in [4.69, 9.17) is 4.98 Å².